The topological polar surface area (TPSA) is 55.0 Å². The Kier molecular flexibility index (Phi) is 3.28. The van der Waals surface area contributed by atoms with Gasteiger partial charge in [0.15, 0.2) is 5.78 Å². The first-order chi connectivity index (χ1) is 9.69. The first kappa shape index (κ1) is 12.9. The van der Waals surface area contributed by atoms with Gasteiger partial charge in [-0.25, -0.2) is 0 Å². The highest BCUT2D eigenvalue weighted by atomic mass is 79.9. The maximum Gasteiger partial charge on any atom is 0.196 e. The van der Waals surface area contributed by atoms with Gasteiger partial charge in [0.05, 0.1) is 7.11 Å². The number of nitrogens with one attached hydrogen (secondary N) is 1. The van der Waals surface area contributed by atoms with Crippen LogP contribution in [-0.2, 0) is 0 Å². The average molecular weight is 331 g/mol. The van der Waals surface area contributed by atoms with Gasteiger partial charge in [-0.2, -0.15) is 0 Å². The van der Waals surface area contributed by atoms with E-state index in [0.29, 0.717) is 11.1 Å². The molecule has 0 amide bonds. The zero-order valence-electron chi connectivity index (χ0n) is 10.7. The normalized spacial score (nSPS) is 10.7. The fourth-order valence-electron chi connectivity index (χ4n) is 2.11. The van der Waals surface area contributed by atoms with E-state index in [9.17, 15) is 4.79 Å². The molecule has 3 rings (SSSR count). The molecule has 0 saturated heterocycles. The summed E-state index contributed by atoms with van der Waals surface area (Å²) in [6, 6.07) is 7.36. The monoisotopic (exact) mass is 330 g/mol. The van der Waals surface area contributed by atoms with Crippen LogP contribution in [0.5, 0.6) is 5.75 Å². The zero-order chi connectivity index (χ0) is 14.1. The van der Waals surface area contributed by atoms with Gasteiger partial charge < -0.3 is 9.72 Å². The van der Waals surface area contributed by atoms with Gasteiger partial charge >= 0.3 is 0 Å². The van der Waals surface area contributed by atoms with Crippen molar-refractivity contribution < 1.29 is 9.53 Å². The van der Waals surface area contributed by atoms with Crippen LogP contribution in [0.15, 0.2) is 47.3 Å². The second kappa shape index (κ2) is 5.09. The van der Waals surface area contributed by atoms with E-state index in [-0.39, 0.29) is 5.78 Å². The van der Waals surface area contributed by atoms with Crippen molar-refractivity contribution in [1.29, 1.82) is 0 Å². The van der Waals surface area contributed by atoms with Gasteiger partial charge in [0.25, 0.3) is 0 Å². The maximum atomic E-state index is 12.6. The minimum Gasteiger partial charge on any atom is -0.497 e. The van der Waals surface area contributed by atoms with E-state index < -0.39 is 0 Å². The van der Waals surface area contributed by atoms with E-state index in [4.69, 9.17) is 4.74 Å². The molecule has 0 radical (unpaired) electrons. The molecule has 2 aromatic heterocycles. The van der Waals surface area contributed by atoms with Crippen molar-refractivity contribution in [3.63, 3.8) is 0 Å². The second-order valence-corrected chi connectivity index (χ2v) is 5.25. The lowest BCUT2D eigenvalue weighted by Crippen LogP contribution is -2.01. The quantitative estimate of drug-likeness (QED) is 0.747. The van der Waals surface area contributed by atoms with Gasteiger partial charge in [0.2, 0.25) is 0 Å². The van der Waals surface area contributed by atoms with Crippen molar-refractivity contribution in [1.82, 2.24) is 9.97 Å². The minimum atomic E-state index is -0.0710. The number of rotatable bonds is 3. The molecule has 1 N–H and O–H groups in total. The fourth-order valence-corrected chi connectivity index (χ4v) is 2.47. The number of carbonyl (C=O) groups is 1. The number of benzene rings is 1. The number of ketones is 1. The molecule has 0 aliphatic rings. The van der Waals surface area contributed by atoms with E-state index >= 15 is 0 Å². The molecule has 0 aliphatic heterocycles. The molecule has 20 heavy (non-hydrogen) atoms. The van der Waals surface area contributed by atoms with Gasteiger partial charge in [0, 0.05) is 45.1 Å². The van der Waals surface area contributed by atoms with Crippen molar-refractivity contribution >= 4 is 32.6 Å². The van der Waals surface area contributed by atoms with E-state index in [2.05, 4.69) is 25.9 Å². The molecule has 100 valence electrons. The van der Waals surface area contributed by atoms with Crippen LogP contribution >= 0.6 is 15.9 Å². The van der Waals surface area contributed by atoms with E-state index in [1.54, 1.807) is 31.8 Å². The number of aromatic amines is 1. The van der Waals surface area contributed by atoms with E-state index in [0.717, 1.165) is 21.1 Å². The lowest BCUT2D eigenvalue weighted by Gasteiger charge is -2.02. The Morgan fingerprint density at radius 3 is 2.90 bits per heavy atom. The number of hydrogen-bond donors (Lipinski definition) is 1. The molecule has 5 heteroatoms. The number of nitrogens with zero attached hydrogens (tertiary/aromatic N) is 1. The van der Waals surface area contributed by atoms with Crippen molar-refractivity contribution in [2.75, 3.05) is 7.11 Å². The van der Waals surface area contributed by atoms with Crippen LogP contribution < -0.4 is 4.74 Å². The average Bonchev–Trinajstić information content (AvgIpc) is 2.89. The molecule has 0 spiro atoms. The largest absolute Gasteiger partial charge is 0.497 e. The van der Waals surface area contributed by atoms with Crippen molar-refractivity contribution in [3.8, 4) is 5.75 Å². The lowest BCUT2D eigenvalue weighted by molar-refractivity contribution is 0.104. The molecule has 0 fully saturated rings. The smallest absolute Gasteiger partial charge is 0.196 e. The Morgan fingerprint density at radius 1 is 1.30 bits per heavy atom. The Morgan fingerprint density at radius 2 is 2.15 bits per heavy atom. The van der Waals surface area contributed by atoms with Crippen molar-refractivity contribution in [3.05, 3.63) is 58.5 Å². The molecule has 0 bridgehead atoms. The summed E-state index contributed by atoms with van der Waals surface area (Å²) >= 11 is 3.32. The standard InChI is InChI=1S/C15H11BrN2O2/c1-20-11-2-3-14-12(5-11)13(8-18-14)15(19)9-4-10(16)7-17-6-9/h2-8,18H,1H3. The van der Waals surface area contributed by atoms with Crippen molar-refractivity contribution in [2.24, 2.45) is 0 Å². The summed E-state index contributed by atoms with van der Waals surface area (Å²) < 4.78 is 5.98. The Hall–Kier alpha value is -2.14. The summed E-state index contributed by atoms with van der Waals surface area (Å²) in [6.45, 7) is 0. The van der Waals surface area contributed by atoms with Crippen molar-refractivity contribution in [2.45, 2.75) is 0 Å². The van der Waals surface area contributed by atoms with Gasteiger partial charge in [-0.3, -0.25) is 9.78 Å². The fraction of sp³-hybridized carbons (Fsp3) is 0.0667. The summed E-state index contributed by atoms with van der Waals surface area (Å²) in [5, 5.41) is 0.842. The molecular formula is C15H11BrN2O2. The molecule has 4 nitrogen and oxygen atoms in total. The third-order valence-electron chi connectivity index (χ3n) is 3.10. The summed E-state index contributed by atoms with van der Waals surface area (Å²) in [7, 11) is 1.60. The van der Waals surface area contributed by atoms with Crippen LogP contribution in [0, 0.1) is 0 Å². The highest BCUT2D eigenvalue weighted by molar-refractivity contribution is 9.10. The first-order valence-electron chi connectivity index (χ1n) is 5.99. The lowest BCUT2D eigenvalue weighted by atomic mass is 10.0. The minimum absolute atomic E-state index is 0.0710. The highest BCUT2D eigenvalue weighted by Crippen LogP contribution is 2.25. The summed E-state index contributed by atoms with van der Waals surface area (Å²) in [6.07, 6.45) is 4.93. The molecule has 1 aromatic carbocycles. The number of methoxy groups -OCH3 is 1. The Bertz CT molecular complexity index is 795. The van der Waals surface area contributed by atoms with Crippen LogP contribution in [-0.4, -0.2) is 22.9 Å². The second-order valence-electron chi connectivity index (χ2n) is 4.33. The van der Waals surface area contributed by atoms with Crippen LogP contribution in [0.4, 0.5) is 0 Å². The Labute approximate surface area is 123 Å². The van der Waals surface area contributed by atoms with Crippen LogP contribution in [0.3, 0.4) is 0 Å². The number of halogens is 1. The number of ether oxygens (including phenoxy) is 1. The number of H-pyrrole nitrogens is 1. The molecule has 0 unspecified atom stereocenters. The molecule has 3 aromatic rings. The molecule has 0 saturated carbocycles. The Balaban J connectivity index is 2.12. The van der Waals surface area contributed by atoms with Crippen LogP contribution in [0.25, 0.3) is 10.9 Å². The van der Waals surface area contributed by atoms with Gasteiger partial charge in [0.1, 0.15) is 5.75 Å². The number of aromatic nitrogens is 2. The summed E-state index contributed by atoms with van der Waals surface area (Å²) in [5.41, 5.74) is 2.05. The summed E-state index contributed by atoms with van der Waals surface area (Å²) in [4.78, 5) is 19.7. The molecule has 2 heterocycles. The molecular weight excluding hydrogens is 320 g/mol. The number of carbonyl (C=O) groups excluding carboxylic acids is 1. The molecule has 0 atom stereocenters. The third-order valence-corrected chi connectivity index (χ3v) is 3.53. The first-order valence-corrected chi connectivity index (χ1v) is 6.78. The number of fused-ring (bicyclic) bond motifs is 1. The predicted octanol–water partition coefficient (Wildman–Crippen LogP) is 3.57. The van der Waals surface area contributed by atoms with E-state index in [1.807, 2.05) is 18.2 Å². The maximum absolute atomic E-state index is 12.6. The van der Waals surface area contributed by atoms with E-state index in [1.165, 1.54) is 0 Å². The SMILES string of the molecule is COc1ccc2[nH]cc(C(=O)c3cncc(Br)c3)c2c1. The van der Waals surface area contributed by atoms with Gasteiger partial charge in [-0.15, -0.1) is 0 Å². The third kappa shape index (κ3) is 2.20. The number of hydrogen-bond acceptors (Lipinski definition) is 3. The highest BCUT2D eigenvalue weighted by Gasteiger charge is 2.15. The number of pyridine rings is 1. The summed E-state index contributed by atoms with van der Waals surface area (Å²) in [5.74, 6) is 0.650. The molecule has 0 aliphatic carbocycles. The van der Waals surface area contributed by atoms with Gasteiger partial charge in [-0.1, -0.05) is 0 Å². The van der Waals surface area contributed by atoms with Gasteiger partial charge in [-0.05, 0) is 40.2 Å². The zero-order valence-corrected chi connectivity index (χ0v) is 12.3. The predicted molar refractivity (Wildman–Crippen MR) is 80.2 cm³/mol. The van der Waals surface area contributed by atoms with Crippen LogP contribution in [0.2, 0.25) is 0 Å². The van der Waals surface area contributed by atoms with Crippen LogP contribution in [0.1, 0.15) is 15.9 Å².